The SMILES string of the molecule is COc1cccc(N2CCN(C)C(CO)C2)c1. The van der Waals surface area contributed by atoms with Gasteiger partial charge in [-0.25, -0.2) is 0 Å². The minimum Gasteiger partial charge on any atom is -0.497 e. The number of anilines is 1. The van der Waals surface area contributed by atoms with E-state index in [2.05, 4.69) is 22.9 Å². The van der Waals surface area contributed by atoms with Crippen LogP contribution in [0.1, 0.15) is 0 Å². The first-order valence-corrected chi connectivity index (χ1v) is 5.94. The third-order valence-corrected chi connectivity index (χ3v) is 3.41. The summed E-state index contributed by atoms with van der Waals surface area (Å²) in [7, 11) is 3.74. The van der Waals surface area contributed by atoms with E-state index in [-0.39, 0.29) is 12.6 Å². The monoisotopic (exact) mass is 236 g/mol. The van der Waals surface area contributed by atoms with Crippen LogP contribution >= 0.6 is 0 Å². The van der Waals surface area contributed by atoms with E-state index in [1.807, 2.05) is 18.2 Å². The van der Waals surface area contributed by atoms with Crippen LogP contribution in [0.15, 0.2) is 24.3 Å². The first-order chi connectivity index (χ1) is 8.24. The molecule has 1 fully saturated rings. The Bertz CT molecular complexity index is 370. The lowest BCUT2D eigenvalue weighted by Crippen LogP contribution is -2.53. The summed E-state index contributed by atoms with van der Waals surface area (Å²) in [6.45, 7) is 3.03. The second-order valence-electron chi connectivity index (χ2n) is 4.46. The zero-order valence-electron chi connectivity index (χ0n) is 10.5. The van der Waals surface area contributed by atoms with Crippen molar-refractivity contribution in [3.05, 3.63) is 24.3 Å². The maximum atomic E-state index is 9.33. The van der Waals surface area contributed by atoms with Crippen molar-refractivity contribution < 1.29 is 9.84 Å². The summed E-state index contributed by atoms with van der Waals surface area (Å²) >= 11 is 0. The predicted octanol–water partition coefficient (Wildman–Crippen LogP) is 0.808. The van der Waals surface area contributed by atoms with Crippen LogP contribution in [-0.2, 0) is 0 Å². The highest BCUT2D eigenvalue weighted by Crippen LogP contribution is 2.23. The molecule has 17 heavy (non-hydrogen) atoms. The molecular formula is C13H20N2O2. The predicted molar refractivity (Wildman–Crippen MR) is 68.7 cm³/mol. The van der Waals surface area contributed by atoms with Gasteiger partial charge < -0.3 is 14.7 Å². The van der Waals surface area contributed by atoms with Crippen LogP contribution in [0.5, 0.6) is 5.75 Å². The maximum Gasteiger partial charge on any atom is 0.120 e. The van der Waals surface area contributed by atoms with Gasteiger partial charge >= 0.3 is 0 Å². The van der Waals surface area contributed by atoms with Crippen molar-refractivity contribution in [1.82, 2.24) is 4.90 Å². The summed E-state index contributed by atoms with van der Waals surface area (Å²) in [4.78, 5) is 4.50. The number of aliphatic hydroxyl groups is 1. The van der Waals surface area contributed by atoms with Crippen LogP contribution in [0.3, 0.4) is 0 Å². The molecule has 1 aromatic carbocycles. The second kappa shape index (κ2) is 5.38. The Hall–Kier alpha value is -1.26. The minimum absolute atomic E-state index is 0.205. The first kappa shape index (κ1) is 12.2. The van der Waals surface area contributed by atoms with Gasteiger partial charge in [-0.15, -0.1) is 0 Å². The molecule has 1 aliphatic rings. The van der Waals surface area contributed by atoms with E-state index in [1.54, 1.807) is 7.11 Å². The fraction of sp³-hybridized carbons (Fsp3) is 0.538. The molecule has 0 aromatic heterocycles. The number of nitrogens with zero attached hydrogens (tertiary/aromatic N) is 2. The molecule has 1 heterocycles. The van der Waals surface area contributed by atoms with Gasteiger partial charge in [0.1, 0.15) is 5.75 Å². The molecule has 0 amide bonds. The van der Waals surface area contributed by atoms with E-state index in [0.29, 0.717) is 0 Å². The topological polar surface area (TPSA) is 35.9 Å². The average Bonchev–Trinajstić information content (AvgIpc) is 2.39. The van der Waals surface area contributed by atoms with Crippen molar-refractivity contribution in [2.45, 2.75) is 6.04 Å². The van der Waals surface area contributed by atoms with E-state index in [4.69, 9.17) is 4.74 Å². The molecule has 1 unspecified atom stereocenters. The van der Waals surface area contributed by atoms with Crippen LogP contribution in [0.4, 0.5) is 5.69 Å². The Morgan fingerprint density at radius 2 is 2.24 bits per heavy atom. The normalized spacial score (nSPS) is 21.6. The number of likely N-dealkylation sites (N-methyl/N-ethyl adjacent to an activating group) is 1. The van der Waals surface area contributed by atoms with Crippen molar-refractivity contribution >= 4 is 5.69 Å². The van der Waals surface area contributed by atoms with Gasteiger partial charge in [0.2, 0.25) is 0 Å². The molecule has 1 aliphatic heterocycles. The Morgan fingerprint density at radius 1 is 1.41 bits per heavy atom. The van der Waals surface area contributed by atoms with E-state index < -0.39 is 0 Å². The highest BCUT2D eigenvalue weighted by Gasteiger charge is 2.23. The summed E-state index contributed by atoms with van der Waals surface area (Å²) < 4.78 is 5.23. The Balaban J connectivity index is 2.11. The first-order valence-electron chi connectivity index (χ1n) is 5.94. The molecule has 4 heteroatoms. The standard InChI is InChI=1S/C13H20N2O2/c1-14-6-7-15(9-12(14)10-16)11-4-3-5-13(8-11)17-2/h3-5,8,12,16H,6-7,9-10H2,1-2H3. The molecule has 1 atom stereocenters. The summed E-state index contributed by atoms with van der Waals surface area (Å²) in [6, 6.07) is 8.29. The van der Waals surface area contributed by atoms with E-state index in [9.17, 15) is 5.11 Å². The number of methoxy groups -OCH3 is 1. The van der Waals surface area contributed by atoms with Crippen molar-refractivity contribution in [1.29, 1.82) is 0 Å². The Labute approximate surface area is 102 Å². The lowest BCUT2D eigenvalue weighted by molar-refractivity contribution is 0.135. The zero-order chi connectivity index (χ0) is 12.3. The Morgan fingerprint density at radius 3 is 2.94 bits per heavy atom. The van der Waals surface area contributed by atoms with Crippen LogP contribution in [0.2, 0.25) is 0 Å². The third-order valence-electron chi connectivity index (χ3n) is 3.41. The van der Waals surface area contributed by atoms with E-state index >= 15 is 0 Å². The van der Waals surface area contributed by atoms with Gasteiger partial charge in [0.25, 0.3) is 0 Å². The summed E-state index contributed by atoms with van der Waals surface area (Å²) in [5.41, 5.74) is 1.16. The van der Waals surface area contributed by atoms with E-state index in [1.165, 1.54) is 0 Å². The quantitative estimate of drug-likeness (QED) is 0.842. The molecule has 2 rings (SSSR count). The maximum absolute atomic E-state index is 9.33. The van der Waals surface area contributed by atoms with Gasteiger partial charge in [0.05, 0.1) is 19.8 Å². The molecule has 1 N–H and O–H groups in total. The van der Waals surface area contributed by atoms with Gasteiger partial charge in [-0.1, -0.05) is 6.07 Å². The molecule has 1 aromatic rings. The minimum atomic E-state index is 0.205. The number of hydrogen-bond donors (Lipinski definition) is 1. The fourth-order valence-corrected chi connectivity index (χ4v) is 2.18. The highest BCUT2D eigenvalue weighted by molar-refractivity contribution is 5.51. The number of benzene rings is 1. The number of ether oxygens (including phenoxy) is 1. The number of rotatable bonds is 3. The van der Waals surface area contributed by atoms with Crippen molar-refractivity contribution in [2.75, 3.05) is 45.3 Å². The molecule has 0 radical (unpaired) electrons. The van der Waals surface area contributed by atoms with Crippen LogP contribution in [-0.4, -0.2) is 56.4 Å². The summed E-state index contributed by atoms with van der Waals surface area (Å²) in [6.07, 6.45) is 0. The zero-order valence-corrected chi connectivity index (χ0v) is 10.5. The smallest absolute Gasteiger partial charge is 0.120 e. The van der Waals surface area contributed by atoms with Crippen molar-refractivity contribution in [3.8, 4) is 5.75 Å². The molecule has 0 bridgehead atoms. The lowest BCUT2D eigenvalue weighted by Gasteiger charge is -2.39. The van der Waals surface area contributed by atoms with Gasteiger partial charge in [-0.05, 0) is 19.2 Å². The molecule has 1 saturated heterocycles. The van der Waals surface area contributed by atoms with Gasteiger partial charge in [0, 0.05) is 31.4 Å². The van der Waals surface area contributed by atoms with Crippen LogP contribution < -0.4 is 9.64 Å². The Kier molecular flexibility index (Phi) is 3.86. The molecular weight excluding hydrogens is 216 g/mol. The average molecular weight is 236 g/mol. The molecule has 0 saturated carbocycles. The van der Waals surface area contributed by atoms with Crippen LogP contribution in [0.25, 0.3) is 0 Å². The van der Waals surface area contributed by atoms with Gasteiger partial charge in [-0.2, -0.15) is 0 Å². The number of piperazine rings is 1. The largest absolute Gasteiger partial charge is 0.497 e. The molecule has 4 nitrogen and oxygen atoms in total. The summed E-state index contributed by atoms with van der Waals surface area (Å²) in [5, 5.41) is 9.33. The van der Waals surface area contributed by atoms with E-state index in [0.717, 1.165) is 31.1 Å². The van der Waals surface area contributed by atoms with Crippen molar-refractivity contribution in [3.63, 3.8) is 0 Å². The number of hydrogen-bond acceptors (Lipinski definition) is 4. The highest BCUT2D eigenvalue weighted by atomic mass is 16.5. The lowest BCUT2D eigenvalue weighted by atomic mass is 10.1. The summed E-state index contributed by atoms with van der Waals surface area (Å²) in [5.74, 6) is 0.877. The van der Waals surface area contributed by atoms with Gasteiger partial charge in [0.15, 0.2) is 0 Å². The molecule has 0 spiro atoms. The fourth-order valence-electron chi connectivity index (χ4n) is 2.18. The third kappa shape index (κ3) is 2.70. The second-order valence-corrected chi connectivity index (χ2v) is 4.46. The molecule has 0 aliphatic carbocycles. The van der Waals surface area contributed by atoms with Crippen molar-refractivity contribution in [2.24, 2.45) is 0 Å². The van der Waals surface area contributed by atoms with Gasteiger partial charge in [-0.3, -0.25) is 4.90 Å². The number of aliphatic hydroxyl groups excluding tert-OH is 1. The molecule has 94 valence electrons. The van der Waals surface area contributed by atoms with Crippen LogP contribution in [0, 0.1) is 0 Å².